The van der Waals surface area contributed by atoms with Crippen molar-refractivity contribution in [3.63, 3.8) is 0 Å². The van der Waals surface area contributed by atoms with Crippen LogP contribution in [0.5, 0.6) is 0 Å². The van der Waals surface area contributed by atoms with Gasteiger partial charge in [-0.25, -0.2) is 17.2 Å². The Morgan fingerprint density at radius 3 is 2.41 bits per heavy atom. The number of hydrogen-bond donors (Lipinski definition) is 1. The van der Waals surface area contributed by atoms with Crippen LogP contribution < -0.4 is 5.32 Å². The number of amides is 1. The summed E-state index contributed by atoms with van der Waals surface area (Å²) in [7, 11) is -3.71. The first-order valence-electron chi connectivity index (χ1n) is 8.70. The van der Waals surface area contributed by atoms with Crippen molar-refractivity contribution in [2.24, 2.45) is 0 Å². The second-order valence-corrected chi connectivity index (χ2v) is 8.38. The predicted molar refractivity (Wildman–Crippen MR) is 98.0 cm³/mol. The molecular formula is C19H20F2N2O3S. The highest BCUT2D eigenvalue weighted by atomic mass is 32.2. The van der Waals surface area contributed by atoms with Gasteiger partial charge >= 0.3 is 0 Å². The Morgan fingerprint density at radius 1 is 1.15 bits per heavy atom. The van der Waals surface area contributed by atoms with Crippen LogP contribution in [0.4, 0.5) is 14.5 Å². The van der Waals surface area contributed by atoms with Gasteiger partial charge in [-0.15, -0.1) is 0 Å². The number of anilines is 1. The second kappa shape index (κ2) is 7.74. The first kappa shape index (κ1) is 19.4. The molecule has 0 unspecified atom stereocenters. The van der Waals surface area contributed by atoms with E-state index < -0.39 is 27.6 Å². The number of sulfonamides is 1. The first-order chi connectivity index (χ1) is 12.8. The van der Waals surface area contributed by atoms with Crippen LogP contribution >= 0.6 is 0 Å². The Labute approximate surface area is 157 Å². The second-order valence-electron chi connectivity index (χ2n) is 6.49. The van der Waals surface area contributed by atoms with Gasteiger partial charge < -0.3 is 5.32 Å². The molecule has 8 heteroatoms. The fourth-order valence-electron chi connectivity index (χ4n) is 2.84. The van der Waals surface area contributed by atoms with Crippen molar-refractivity contribution in [1.82, 2.24) is 4.31 Å². The van der Waals surface area contributed by atoms with Gasteiger partial charge in [-0.2, -0.15) is 4.31 Å². The molecule has 1 aliphatic carbocycles. The maximum atomic E-state index is 13.3. The molecule has 3 rings (SSSR count). The van der Waals surface area contributed by atoms with Crippen LogP contribution in [0.2, 0.25) is 0 Å². The number of nitrogens with zero attached hydrogens (tertiary/aromatic N) is 1. The van der Waals surface area contributed by atoms with E-state index in [1.807, 2.05) is 6.92 Å². The molecule has 0 spiro atoms. The minimum Gasteiger partial charge on any atom is -0.322 e. The minimum absolute atomic E-state index is 0.0164. The van der Waals surface area contributed by atoms with Crippen molar-refractivity contribution >= 4 is 21.6 Å². The van der Waals surface area contributed by atoms with E-state index in [1.165, 1.54) is 28.6 Å². The molecule has 1 saturated carbocycles. The zero-order valence-electron chi connectivity index (χ0n) is 14.8. The summed E-state index contributed by atoms with van der Waals surface area (Å²) in [6.07, 6.45) is 2.37. The largest absolute Gasteiger partial charge is 0.322 e. The average molecular weight is 394 g/mol. The third kappa shape index (κ3) is 4.51. The highest BCUT2D eigenvalue weighted by molar-refractivity contribution is 7.89. The van der Waals surface area contributed by atoms with Gasteiger partial charge in [-0.05, 0) is 49.6 Å². The molecular weight excluding hydrogens is 374 g/mol. The monoisotopic (exact) mass is 394 g/mol. The van der Waals surface area contributed by atoms with Gasteiger partial charge in [-0.1, -0.05) is 13.0 Å². The molecule has 0 aliphatic heterocycles. The summed E-state index contributed by atoms with van der Waals surface area (Å²) in [6, 6.07) is 8.33. The topological polar surface area (TPSA) is 66.5 Å². The van der Waals surface area contributed by atoms with Crippen LogP contribution in [0.15, 0.2) is 47.4 Å². The number of nitrogens with one attached hydrogen (secondary N) is 1. The standard InChI is InChI=1S/C19H20F2N2O3S/c1-2-8-23(17-6-7-17)27(25,26)18-5-3-4-13(9-18)19(24)22-16-11-14(20)10-15(21)12-16/h3-5,9-12,17H,2,6-8H2,1H3,(H,22,24). The molecule has 1 amide bonds. The summed E-state index contributed by atoms with van der Waals surface area (Å²) < 4.78 is 53.9. The fourth-order valence-corrected chi connectivity index (χ4v) is 4.67. The lowest BCUT2D eigenvalue weighted by Crippen LogP contribution is -2.34. The molecule has 0 atom stereocenters. The molecule has 2 aromatic rings. The molecule has 0 aromatic heterocycles. The average Bonchev–Trinajstić information content (AvgIpc) is 3.43. The quantitative estimate of drug-likeness (QED) is 0.777. The fraction of sp³-hybridized carbons (Fsp3) is 0.316. The molecule has 5 nitrogen and oxygen atoms in total. The molecule has 0 bridgehead atoms. The Kier molecular flexibility index (Phi) is 5.57. The Morgan fingerprint density at radius 2 is 1.81 bits per heavy atom. The van der Waals surface area contributed by atoms with E-state index >= 15 is 0 Å². The minimum atomic E-state index is -3.71. The van der Waals surface area contributed by atoms with E-state index in [2.05, 4.69) is 5.32 Å². The van der Waals surface area contributed by atoms with Gasteiger partial charge in [0.1, 0.15) is 11.6 Å². The van der Waals surface area contributed by atoms with Crippen molar-refractivity contribution < 1.29 is 22.0 Å². The van der Waals surface area contributed by atoms with Gasteiger partial charge in [0.05, 0.1) is 4.90 Å². The van der Waals surface area contributed by atoms with Crippen LogP contribution in [0.3, 0.4) is 0 Å². The van der Waals surface area contributed by atoms with Crippen LogP contribution in [-0.2, 0) is 10.0 Å². The maximum Gasteiger partial charge on any atom is 0.255 e. The summed E-state index contributed by atoms with van der Waals surface area (Å²) >= 11 is 0. The lowest BCUT2D eigenvalue weighted by atomic mass is 10.2. The van der Waals surface area contributed by atoms with E-state index in [0.29, 0.717) is 19.0 Å². The highest BCUT2D eigenvalue weighted by Gasteiger charge is 2.37. The zero-order chi connectivity index (χ0) is 19.6. The first-order valence-corrected chi connectivity index (χ1v) is 10.1. The van der Waals surface area contributed by atoms with Crippen LogP contribution in [0.1, 0.15) is 36.5 Å². The van der Waals surface area contributed by atoms with Gasteiger partial charge in [-0.3, -0.25) is 4.79 Å². The van der Waals surface area contributed by atoms with Gasteiger partial charge in [0.2, 0.25) is 10.0 Å². The third-order valence-corrected chi connectivity index (χ3v) is 6.17. The zero-order valence-corrected chi connectivity index (χ0v) is 15.6. The molecule has 1 fully saturated rings. The van der Waals surface area contributed by atoms with Crippen molar-refractivity contribution in [1.29, 1.82) is 0 Å². The number of benzene rings is 2. The lowest BCUT2D eigenvalue weighted by molar-refractivity contribution is 0.102. The summed E-state index contributed by atoms with van der Waals surface area (Å²) in [5.74, 6) is -2.28. The molecule has 0 heterocycles. The van der Waals surface area contributed by atoms with Gasteiger partial charge in [0, 0.05) is 29.9 Å². The van der Waals surface area contributed by atoms with Crippen molar-refractivity contribution in [3.05, 3.63) is 59.7 Å². The van der Waals surface area contributed by atoms with Crippen molar-refractivity contribution in [2.45, 2.75) is 37.1 Å². The number of rotatable bonds is 7. The van der Waals surface area contributed by atoms with Gasteiger partial charge in [0.15, 0.2) is 0 Å². The van der Waals surface area contributed by atoms with E-state index in [1.54, 1.807) is 0 Å². The van der Waals surface area contributed by atoms with E-state index in [4.69, 9.17) is 0 Å². The summed E-state index contributed by atoms with van der Waals surface area (Å²) in [5.41, 5.74) is 0.0457. The molecule has 27 heavy (non-hydrogen) atoms. The Bertz CT molecular complexity index is 939. The molecule has 144 valence electrons. The summed E-state index contributed by atoms with van der Waals surface area (Å²) in [4.78, 5) is 12.4. The molecule has 0 saturated heterocycles. The molecule has 0 radical (unpaired) electrons. The number of carbonyl (C=O) groups excluding carboxylic acids is 1. The highest BCUT2D eigenvalue weighted by Crippen LogP contribution is 2.32. The van der Waals surface area contributed by atoms with Gasteiger partial charge in [0.25, 0.3) is 5.91 Å². The van der Waals surface area contributed by atoms with Crippen LogP contribution in [0, 0.1) is 11.6 Å². The van der Waals surface area contributed by atoms with E-state index in [-0.39, 0.29) is 22.2 Å². The molecule has 1 N–H and O–H groups in total. The summed E-state index contributed by atoms with van der Waals surface area (Å²) in [6.45, 7) is 2.33. The van der Waals surface area contributed by atoms with Crippen LogP contribution in [-0.4, -0.2) is 31.2 Å². The van der Waals surface area contributed by atoms with E-state index in [0.717, 1.165) is 25.0 Å². The van der Waals surface area contributed by atoms with E-state index in [9.17, 15) is 22.0 Å². The van der Waals surface area contributed by atoms with Crippen molar-refractivity contribution in [3.8, 4) is 0 Å². The normalized spacial score (nSPS) is 14.4. The van der Waals surface area contributed by atoms with Crippen LogP contribution in [0.25, 0.3) is 0 Å². The molecule has 1 aliphatic rings. The number of hydrogen-bond acceptors (Lipinski definition) is 3. The smallest absolute Gasteiger partial charge is 0.255 e. The Balaban J connectivity index is 1.85. The predicted octanol–water partition coefficient (Wildman–Crippen LogP) is 3.78. The Hall–Kier alpha value is -2.32. The number of carbonyl (C=O) groups is 1. The number of halogens is 2. The SMILES string of the molecule is CCCN(C1CC1)S(=O)(=O)c1cccc(C(=O)Nc2cc(F)cc(F)c2)c1. The molecule has 2 aromatic carbocycles. The lowest BCUT2D eigenvalue weighted by Gasteiger charge is -2.21. The van der Waals surface area contributed by atoms with Crippen molar-refractivity contribution in [2.75, 3.05) is 11.9 Å². The summed E-state index contributed by atoms with van der Waals surface area (Å²) in [5, 5.41) is 2.38. The maximum absolute atomic E-state index is 13.3. The third-order valence-electron chi connectivity index (χ3n) is 4.22.